The molecule has 0 unspecified atom stereocenters. The first-order valence-corrected chi connectivity index (χ1v) is 7.56. The van der Waals surface area contributed by atoms with Crippen LogP contribution in [0.1, 0.15) is 18.4 Å². The third kappa shape index (κ3) is 3.12. The zero-order valence-electron chi connectivity index (χ0n) is 9.59. The Morgan fingerprint density at radius 3 is 2.59 bits per heavy atom. The average Bonchev–Trinajstić information content (AvgIpc) is 2.26. The van der Waals surface area contributed by atoms with E-state index in [4.69, 9.17) is 5.73 Å². The number of nitrogens with two attached hydrogens (primary N) is 1. The maximum Gasteiger partial charge on any atom is 0.150 e. The van der Waals surface area contributed by atoms with Crippen molar-refractivity contribution in [3.63, 3.8) is 0 Å². The highest BCUT2D eigenvalue weighted by atomic mass is 32.2. The predicted molar refractivity (Wildman–Crippen MR) is 67.6 cm³/mol. The van der Waals surface area contributed by atoms with E-state index in [-0.39, 0.29) is 17.3 Å². The molecule has 17 heavy (non-hydrogen) atoms. The fourth-order valence-corrected chi connectivity index (χ4v) is 3.81. The highest BCUT2D eigenvalue weighted by Gasteiger charge is 2.24. The standard InChI is InChI=1S/C12H17NO3S/c13-12-2-1-11(14)8-10(12)7-9-3-5-17(15,16)6-4-9/h1-2,8-9,14H,3-7,13H2. The minimum absolute atomic E-state index is 0.206. The van der Waals surface area contributed by atoms with Gasteiger partial charge in [-0.2, -0.15) is 0 Å². The molecule has 3 N–H and O–H groups in total. The number of nitrogen functional groups attached to an aromatic ring is 1. The highest BCUT2D eigenvalue weighted by Crippen LogP contribution is 2.27. The number of phenols is 1. The lowest BCUT2D eigenvalue weighted by Gasteiger charge is -2.22. The zero-order valence-corrected chi connectivity index (χ0v) is 10.4. The summed E-state index contributed by atoms with van der Waals surface area (Å²) in [5.74, 6) is 1.10. The Bertz CT molecular complexity index is 496. The molecule has 0 saturated carbocycles. The van der Waals surface area contributed by atoms with Crippen LogP contribution in [-0.2, 0) is 16.3 Å². The highest BCUT2D eigenvalue weighted by molar-refractivity contribution is 7.91. The van der Waals surface area contributed by atoms with Crippen LogP contribution >= 0.6 is 0 Å². The van der Waals surface area contributed by atoms with Crippen molar-refractivity contribution in [1.29, 1.82) is 0 Å². The molecule has 2 rings (SSSR count). The molecule has 1 fully saturated rings. The molecule has 1 saturated heterocycles. The number of rotatable bonds is 2. The lowest BCUT2D eigenvalue weighted by molar-refractivity contribution is 0.457. The maximum absolute atomic E-state index is 11.3. The van der Waals surface area contributed by atoms with Gasteiger partial charge in [0, 0.05) is 5.69 Å². The summed E-state index contributed by atoms with van der Waals surface area (Å²) in [7, 11) is -2.81. The summed E-state index contributed by atoms with van der Waals surface area (Å²) in [6.45, 7) is 0. The first-order valence-electron chi connectivity index (χ1n) is 5.74. The van der Waals surface area contributed by atoms with E-state index in [0.29, 0.717) is 24.4 Å². The first-order chi connectivity index (χ1) is 7.96. The third-order valence-electron chi connectivity index (χ3n) is 3.31. The summed E-state index contributed by atoms with van der Waals surface area (Å²) in [6.07, 6.45) is 2.13. The number of benzene rings is 1. The monoisotopic (exact) mass is 255 g/mol. The molecule has 0 atom stereocenters. The van der Waals surface area contributed by atoms with Gasteiger partial charge in [0.2, 0.25) is 0 Å². The van der Waals surface area contributed by atoms with Crippen molar-refractivity contribution in [2.75, 3.05) is 17.2 Å². The minimum atomic E-state index is -2.81. The molecule has 0 bridgehead atoms. The van der Waals surface area contributed by atoms with Gasteiger partial charge in [-0.3, -0.25) is 0 Å². The minimum Gasteiger partial charge on any atom is -0.508 e. The molecule has 0 aromatic heterocycles. The van der Waals surface area contributed by atoms with Crippen molar-refractivity contribution < 1.29 is 13.5 Å². The molecule has 0 spiro atoms. The van der Waals surface area contributed by atoms with Gasteiger partial charge in [-0.05, 0) is 48.9 Å². The molecule has 1 heterocycles. The van der Waals surface area contributed by atoms with Gasteiger partial charge in [0.1, 0.15) is 15.6 Å². The van der Waals surface area contributed by atoms with Gasteiger partial charge >= 0.3 is 0 Å². The molecule has 0 aliphatic carbocycles. The number of aromatic hydroxyl groups is 1. The van der Waals surface area contributed by atoms with Crippen LogP contribution in [0.25, 0.3) is 0 Å². The van der Waals surface area contributed by atoms with Gasteiger partial charge in [0.15, 0.2) is 0 Å². The van der Waals surface area contributed by atoms with Gasteiger partial charge in [0.25, 0.3) is 0 Å². The topological polar surface area (TPSA) is 80.4 Å². The Balaban J connectivity index is 2.05. The number of hydrogen-bond donors (Lipinski definition) is 2. The van der Waals surface area contributed by atoms with Crippen molar-refractivity contribution in [2.24, 2.45) is 5.92 Å². The van der Waals surface area contributed by atoms with Gasteiger partial charge in [-0.25, -0.2) is 8.42 Å². The van der Waals surface area contributed by atoms with E-state index >= 15 is 0 Å². The lowest BCUT2D eigenvalue weighted by atomic mass is 9.93. The summed E-state index contributed by atoms with van der Waals surface area (Å²) < 4.78 is 22.6. The summed E-state index contributed by atoms with van der Waals surface area (Å²) in [6, 6.07) is 4.91. The van der Waals surface area contributed by atoms with Gasteiger partial charge in [0.05, 0.1) is 11.5 Å². The van der Waals surface area contributed by atoms with Crippen molar-refractivity contribution in [2.45, 2.75) is 19.3 Å². The Morgan fingerprint density at radius 1 is 1.29 bits per heavy atom. The Labute approximate surface area is 101 Å². The Hall–Kier alpha value is -1.23. The fraction of sp³-hybridized carbons (Fsp3) is 0.500. The van der Waals surface area contributed by atoms with Gasteiger partial charge in [-0.15, -0.1) is 0 Å². The summed E-state index contributed by atoms with van der Waals surface area (Å²) >= 11 is 0. The second-order valence-corrected chi connectivity index (χ2v) is 6.99. The maximum atomic E-state index is 11.3. The van der Waals surface area contributed by atoms with Crippen LogP contribution < -0.4 is 5.73 Å². The van der Waals surface area contributed by atoms with Crippen LogP contribution in [0.3, 0.4) is 0 Å². The van der Waals surface area contributed by atoms with Gasteiger partial charge in [-0.1, -0.05) is 0 Å². The summed E-state index contributed by atoms with van der Waals surface area (Å²) in [5.41, 5.74) is 7.41. The Kier molecular flexibility index (Phi) is 3.28. The van der Waals surface area contributed by atoms with Crippen LogP contribution in [-0.4, -0.2) is 25.0 Å². The molecule has 4 nitrogen and oxygen atoms in total. The van der Waals surface area contributed by atoms with Crippen LogP contribution in [0, 0.1) is 5.92 Å². The number of anilines is 1. The van der Waals surface area contributed by atoms with Crippen molar-refractivity contribution >= 4 is 15.5 Å². The largest absolute Gasteiger partial charge is 0.508 e. The van der Waals surface area contributed by atoms with Gasteiger partial charge < -0.3 is 10.8 Å². The molecule has 5 heteroatoms. The predicted octanol–water partition coefficient (Wildman–Crippen LogP) is 1.34. The van der Waals surface area contributed by atoms with E-state index in [1.54, 1.807) is 18.2 Å². The quantitative estimate of drug-likeness (QED) is 0.617. The second-order valence-electron chi connectivity index (χ2n) is 4.68. The van der Waals surface area contributed by atoms with E-state index in [2.05, 4.69) is 0 Å². The number of sulfone groups is 1. The van der Waals surface area contributed by atoms with Crippen LogP contribution in [0.2, 0.25) is 0 Å². The molecule has 0 amide bonds. The van der Waals surface area contributed by atoms with Crippen molar-refractivity contribution in [3.05, 3.63) is 23.8 Å². The SMILES string of the molecule is Nc1ccc(O)cc1CC1CCS(=O)(=O)CC1. The number of hydrogen-bond acceptors (Lipinski definition) is 4. The van der Waals surface area contributed by atoms with Crippen molar-refractivity contribution in [1.82, 2.24) is 0 Å². The lowest BCUT2D eigenvalue weighted by Crippen LogP contribution is -2.24. The second kappa shape index (κ2) is 4.56. The van der Waals surface area contributed by atoms with E-state index in [1.165, 1.54) is 0 Å². The molecule has 1 aromatic carbocycles. The fourth-order valence-electron chi connectivity index (χ4n) is 2.22. The third-order valence-corrected chi connectivity index (χ3v) is 5.02. The first kappa shape index (κ1) is 12.2. The van der Waals surface area contributed by atoms with Crippen LogP contribution in [0.5, 0.6) is 5.75 Å². The van der Waals surface area contributed by atoms with E-state index in [0.717, 1.165) is 12.0 Å². The van der Waals surface area contributed by atoms with E-state index in [1.807, 2.05) is 0 Å². The van der Waals surface area contributed by atoms with Crippen molar-refractivity contribution in [3.8, 4) is 5.75 Å². The van der Waals surface area contributed by atoms with Crippen LogP contribution in [0.4, 0.5) is 5.69 Å². The molecule has 94 valence electrons. The Morgan fingerprint density at radius 2 is 1.94 bits per heavy atom. The summed E-state index contributed by atoms with van der Waals surface area (Å²) in [4.78, 5) is 0. The molecule has 0 radical (unpaired) electrons. The van der Waals surface area contributed by atoms with E-state index < -0.39 is 9.84 Å². The molecule has 1 aliphatic rings. The zero-order chi connectivity index (χ0) is 12.5. The average molecular weight is 255 g/mol. The van der Waals surface area contributed by atoms with Crippen LogP contribution in [0.15, 0.2) is 18.2 Å². The normalized spacial score (nSPS) is 20.2. The summed E-state index contributed by atoms with van der Waals surface area (Å²) in [5, 5.41) is 9.40. The molecule has 1 aromatic rings. The molecular weight excluding hydrogens is 238 g/mol. The molecular formula is C12H17NO3S. The molecule has 1 aliphatic heterocycles. The van der Waals surface area contributed by atoms with E-state index in [9.17, 15) is 13.5 Å². The smallest absolute Gasteiger partial charge is 0.150 e. The number of phenolic OH excluding ortho intramolecular Hbond substituents is 1.